The molecule has 4 rings (SSSR count). The second kappa shape index (κ2) is 6.44. The number of hydrogen-bond acceptors (Lipinski definition) is 4. The van der Waals surface area contributed by atoms with Crippen molar-refractivity contribution >= 4 is 29.2 Å². The van der Waals surface area contributed by atoms with Gasteiger partial charge in [0.25, 0.3) is 5.91 Å². The van der Waals surface area contributed by atoms with Gasteiger partial charge in [-0.1, -0.05) is 18.9 Å². The molecule has 1 aromatic heterocycles. The van der Waals surface area contributed by atoms with Crippen molar-refractivity contribution in [1.29, 1.82) is 0 Å². The molecule has 1 spiro atoms. The van der Waals surface area contributed by atoms with Crippen molar-refractivity contribution in [3.63, 3.8) is 0 Å². The largest absolute Gasteiger partial charge is 0.342 e. The fraction of sp³-hybridized carbons (Fsp3) is 0.611. The molecule has 134 valence electrons. The van der Waals surface area contributed by atoms with E-state index in [0.29, 0.717) is 26.1 Å². The Bertz CT molecular complexity index is 682. The molecule has 1 N–H and O–H groups in total. The lowest BCUT2D eigenvalue weighted by Crippen LogP contribution is -2.44. The smallest absolute Gasteiger partial charge is 0.325 e. The average Bonchev–Trinajstić information content (AvgIpc) is 3.34. The first kappa shape index (κ1) is 16.6. The van der Waals surface area contributed by atoms with Crippen molar-refractivity contribution in [2.24, 2.45) is 5.92 Å². The molecule has 1 atom stereocenters. The summed E-state index contributed by atoms with van der Waals surface area (Å²) in [6.45, 7) is 1.70. The number of carbonyl (C=O) groups is 3. The van der Waals surface area contributed by atoms with Crippen LogP contribution < -0.4 is 5.32 Å². The predicted molar refractivity (Wildman–Crippen MR) is 94.2 cm³/mol. The average molecular weight is 361 g/mol. The van der Waals surface area contributed by atoms with Crippen LogP contribution in [0.5, 0.6) is 0 Å². The first-order valence-corrected chi connectivity index (χ1v) is 9.90. The van der Waals surface area contributed by atoms with Gasteiger partial charge in [0.05, 0.1) is 0 Å². The van der Waals surface area contributed by atoms with Crippen molar-refractivity contribution < 1.29 is 14.4 Å². The number of carbonyl (C=O) groups excluding carboxylic acids is 3. The van der Waals surface area contributed by atoms with Crippen molar-refractivity contribution in [3.05, 3.63) is 22.4 Å². The van der Waals surface area contributed by atoms with Crippen LogP contribution in [0.25, 0.3) is 0 Å². The number of likely N-dealkylation sites (tertiary alicyclic amines) is 1. The maximum Gasteiger partial charge on any atom is 0.325 e. The summed E-state index contributed by atoms with van der Waals surface area (Å²) in [5.41, 5.74) is -0.654. The standard InChI is InChI=1S/C18H23N3O3S/c22-15-10-13(11-20(15)8-5-14-4-3-9-25-14)12-21-16(23)18(19-17(21)24)6-1-2-7-18/h3-4,9,13H,1-2,5-8,10-12H2,(H,19,24). The maximum atomic E-state index is 12.7. The lowest BCUT2D eigenvalue weighted by atomic mass is 9.97. The van der Waals surface area contributed by atoms with Gasteiger partial charge in [-0.3, -0.25) is 14.5 Å². The Kier molecular flexibility index (Phi) is 4.27. The molecule has 0 aromatic carbocycles. The van der Waals surface area contributed by atoms with Crippen LogP contribution in [0.3, 0.4) is 0 Å². The molecule has 3 fully saturated rings. The lowest BCUT2D eigenvalue weighted by molar-refractivity contribution is -0.131. The molecule has 1 saturated carbocycles. The minimum absolute atomic E-state index is 0.0436. The maximum absolute atomic E-state index is 12.7. The van der Waals surface area contributed by atoms with Gasteiger partial charge in [-0.05, 0) is 30.7 Å². The summed E-state index contributed by atoms with van der Waals surface area (Å²) in [5, 5.41) is 4.95. The number of urea groups is 1. The van der Waals surface area contributed by atoms with E-state index in [1.807, 2.05) is 16.3 Å². The van der Waals surface area contributed by atoms with Gasteiger partial charge >= 0.3 is 6.03 Å². The van der Waals surface area contributed by atoms with Gasteiger partial charge in [0, 0.05) is 36.9 Å². The first-order valence-electron chi connectivity index (χ1n) is 9.02. The van der Waals surface area contributed by atoms with Crippen LogP contribution in [0, 0.1) is 5.92 Å². The Morgan fingerprint density at radius 2 is 2.04 bits per heavy atom. The highest BCUT2D eigenvalue weighted by Crippen LogP contribution is 2.35. The first-order chi connectivity index (χ1) is 12.1. The molecule has 6 nitrogen and oxygen atoms in total. The van der Waals surface area contributed by atoms with Crippen molar-refractivity contribution in [3.8, 4) is 0 Å². The molecule has 3 aliphatic rings. The summed E-state index contributed by atoms with van der Waals surface area (Å²) in [4.78, 5) is 41.7. The minimum Gasteiger partial charge on any atom is -0.342 e. The number of rotatable bonds is 5. The second-order valence-corrected chi connectivity index (χ2v) is 8.41. The molecule has 1 unspecified atom stereocenters. The zero-order chi connectivity index (χ0) is 17.4. The molecule has 0 radical (unpaired) electrons. The third-order valence-electron chi connectivity index (χ3n) is 5.65. The van der Waals surface area contributed by atoms with E-state index >= 15 is 0 Å². The van der Waals surface area contributed by atoms with Crippen molar-refractivity contribution in [1.82, 2.24) is 15.1 Å². The van der Waals surface area contributed by atoms with Crippen LogP contribution in [-0.4, -0.2) is 52.8 Å². The summed E-state index contributed by atoms with van der Waals surface area (Å²) >= 11 is 1.70. The van der Waals surface area contributed by atoms with E-state index in [9.17, 15) is 14.4 Å². The monoisotopic (exact) mass is 361 g/mol. The molecule has 2 aliphatic heterocycles. The van der Waals surface area contributed by atoms with Gasteiger partial charge in [0.1, 0.15) is 5.54 Å². The molecule has 7 heteroatoms. The fourth-order valence-corrected chi connectivity index (χ4v) is 5.01. The van der Waals surface area contributed by atoms with Gasteiger partial charge < -0.3 is 10.2 Å². The van der Waals surface area contributed by atoms with E-state index in [4.69, 9.17) is 0 Å². The molecule has 3 heterocycles. The number of thiophene rings is 1. The molecule has 0 bridgehead atoms. The van der Waals surface area contributed by atoms with Crippen molar-refractivity contribution in [2.45, 2.75) is 44.1 Å². The lowest BCUT2D eigenvalue weighted by Gasteiger charge is -2.22. The fourth-order valence-electron chi connectivity index (χ4n) is 4.31. The summed E-state index contributed by atoms with van der Waals surface area (Å²) in [6.07, 6.45) is 4.74. The Morgan fingerprint density at radius 3 is 2.76 bits per heavy atom. The van der Waals surface area contributed by atoms with E-state index in [1.54, 1.807) is 11.3 Å². The van der Waals surface area contributed by atoms with Crippen LogP contribution in [-0.2, 0) is 16.0 Å². The number of imide groups is 1. The van der Waals surface area contributed by atoms with Gasteiger partial charge in [-0.25, -0.2) is 4.79 Å². The third-order valence-corrected chi connectivity index (χ3v) is 6.58. The van der Waals surface area contributed by atoms with Crippen molar-refractivity contribution in [2.75, 3.05) is 19.6 Å². The normalized spacial score (nSPS) is 25.4. The SMILES string of the molecule is O=C1CC(CN2C(=O)NC3(CCCC3)C2=O)CN1CCc1cccs1. The zero-order valence-corrected chi connectivity index (χ0v) is 15.0. The number of nitrogens with one attached hydrogen (secondary N) is 1. The van der Waals surface area contributed by atoms with E-state index in [1.165, 1.54) is 9.78 Å². The van der Waals surface area contributed by atoms with Crippen LogP contribution in [0.15, 0.2) is 17.5 Å². The highest BCUT2D eigenvalue weighted by molar-refractivity contribution is 7.09. The summed E-state index contributed by atoms with van der Waals surface area (Å²) in [5.74, 6) is 0.0887. The van der Waals surface area contributed by atoms with Crippen LogP contribution >= 0.6 is 11.3 Å². The van der Waals surface area contributed by atoms with Gasteiger partial charge in [-0.15, -0.1) is 11.3 Å². The number of nitrogens with zero attached hydrogens (tertiary/aromatic N) is 2. The molecule has 1 aliphatic carbocycles. The molecule has 25 heavy (non-hydrogen) atoms. The topological polar surface area (TPSA) is 69.7 Å². The quantitative estimate of drug-likeness (QED) is 0.816. The molecular formula is C18H23N3O3S. The molecule has 2 saturated heterocycles. The summed E-state index contributed by atoms with van der Waals surface area (Å²) in [6, 6.07) is 3.82. The van der Waals surface area contributed by atoms with Gasteiger partial charge in [0.2, 0.25) is 5.91 Å². The molecule has 4 amide bonds. The Hall–Kier alpha value is -1.89. The van der Waals surface area contributed by atoms with E-state index in [2.05, 4.69) is 11.4 Å². The molecular weight excluding hydrogens is 338 g/mol. The zero-order valence-electron chi connectivity index (χ0n) is 14.2. The van der Waals surface area contributed by atoms with E-state index < -0.39 is 5.54 Å². The van der Waals surface area contributed by atoms with E-state index in [0.717, 1.165) is 32.1 Å². The minimum atomic E-state index is -0.654. The Labute approximate surface area is 151 Å². The van der Waals surface area contributed by atoms with Gasteiger partial charge in [0.15, 0.2) is 0 Å². The van der Waals surface area contributed by atoms with Crippen LogP contribution in [0.4, 0.5) is 4.79 Å². The Balaban J connectivity index is 1.35. The second-order valence-electron chi connectivity index (χ2n) is 7.37. The summed E-state index contributed by atoms with van der Waals surface area (Å²) in [7, 11) is 0. The molecule has 1 aromatic rings. The number of amides is 4. The van der Waals surface area contributed by atoms with Crippen LogP contribution in [0.2, 0.25) is 0 Å². The highest BCUT2D eigenvalue weighted by Gasteiger charge is 2.53. The van der Waals surface area contributed by atoms with Crippen LogP contribution in [0.1, 0.15) is 37.0 Å². The third kappa shape index (κ3) is 3.05. The predicted octanol–water partition coefficient (Wildman–Crippen LogP) is 2.00. The Morgan fingerprint density at radius 1 is 1.24 bits per heavy atom. The highest BCUT2D eigenvalue weighted by atomic mass is 32.1. The van der Waals surface area contributed by atoms with Gasteiger partial charge in [-0.2, -0.15) is 0 Å². The van der Waals surface area contributed by atoms with E-state index in [-0.39, 0.29) is 23.8 Å². The summed E-state index contributed by atoms with van der Waals surface area (Å²) < 4.78 is 0. The number of hydrogen-bond donors (Lipinski definition) is 1.